The molecule has 0 saturated carbocycles. The van der Waals surface area contributed by atoms with Crippen molar-refractivity contribution in [1.82, 2.24) is 9.78 Å². The van der Waals surface area contributed by atoms with Crippen LogP contribution >= 0.6 is 0 Å². The summed E-state index contributed by atoms with van der Waals surface area (Å²) in [5, 5.41) is 4.32. The van der Waals surface area contributed by atoms with Crippen LogP contribution in [0.1, 0.15) is 18.1 Å². The number of hydrogen-bond donors (Lipinski definition) is 0. The molecule has 0 aliphatic rings. The Bertz CT molecular complexity index is 719. The Kier molecular flexibility index (Phi) is 5.41. The molecular formula is C17H20N2O4. The van der Waals surface area contributed by atoms with Crippen LogP contribution in [0, 0.1) is 6.92 Å². The van der Waals surface area contributed by atoms with Crippen molar-refractivity contribution in [3.8, 4) is 11.4 Å². The third-order valence-corrected chi connectivity index (χ3v) is 3.31. The highest BCUT2D eigenvalue weighted by Gasteiger charge is 2.15. The molecule has 23 heavy (non-hydrogen) atoms. The summed E-state index contributed by atoms with van der Waals surface area (Å²) in [6.07, 6.45) is 5.91. The van der Waals surface area contributed by atoms with Crippen molar-refractivity contribution in [3.05, 3.63) is 53.7 Å². The van der Waals surface area contributed by atoms with Gasteiger partial charge < -0.3 is 14.2 Å². The molecule has 2 rings (SSSR count). The van der Waals surface area contributed by atoms with Crippen molar-refractivity contribution in [1.29, 1.82) is 0 Å². The number of rotatable bonds is 6. The van der Waals surface area contributed by atoms with Gasteiger partial charge in [0.25, 0.3) is 0 Å². The predicted octanol–water partition coefficient (Wildman–Crippen LogP) is 2.78. The molecule has 2 aromatic rings. The lowest BCUT2D eigenvalue weighted by Crippen LogP contribution is -2.12. The third-order valence-electron chi connectivity index (χ3n) is 3.31. The number of esters is 1. The van der Waals surface area contributed by atoms with Crippen LogP contribution in [0.15, 0.2) is 42.6 Å². The average Bonchev–Trinajstić information content (AvgIpc) is 3.04. The van der Waals surface area contributed by atoms with Gasteiger partial charge in [0.2, 0.25) is 5.76 Å². The van der Waals surface area contributed by atoms with Crippen molar-refractivity contribution in [3.63, 3.8) is 0 Å². The molecule has 0 aliphatic carbocycles. The maximum absolute atomic E-state index is 11.7. The molecule has 0 atom stereocenters. The van der Waals surface area contributed by atoms with E-state index < -0.39 is 5.97 Å². The Hall–Kier alpha value is -2.76. The van der Waals surface area contributed by atoms with E-state index in [9.17, 15) is 4.79 Å². The summed E-state index contributed by atoms with van der Waals surface area (Å²) in [5.74, 6) is -0.0984. The van der Waals surface area contributed by atoms with Gasteiger partial charge in [-0.1, -0.05) is 13.0 Å². The molecule has 0 fully saturated rings. The fourth-order valence-corrected chi connectivity index (χ4v) is 1.97. The van der Waals surface area contributed by atoms with E-state index in [4.69, 9.17) is 9.47 Å². The van der Waals surface area contributed by atoms with Gasteiger partial charge in [-0.15, -0.1) is 0 Å². The Morgan fingerprint density at radius 2 is 2.13 bits per heavy atom. The average molecular weight is 316 g/mol. The first-order valence-corrected chi connectivity index (χ1v) is 7.22. The summed E-state index contributed by atoms with van der Waals surface area (Å²) in [6.45, 7) is 3.96. The van der Waals surface area contributed by atoms with Crippen molar-refractivity contribution in [2.45, 2.75) is 20.3 Å². The molecule has 6 nitrogen and oxygen atoms in total. The Morgan fingerprint density at radius 1 is 1.35 bits per heavy atom. The Morgan fingerprint density at radius 3 is 2.74 bits per heavy atom. The van der Waals surface area contributed by atoms with Gasteiger partial charge in [0.15, 0.2) is 0 Å². The third kappa shape index (κ3) is 3.91. The minimum atomic E-state index is -0.607. The largest absolute Gasteiger partial charge is 0.500 e. The first kappa shape index (κ1) is 16.6. The molecule has 0 spiro atoms. The van der Waals surface area contributed by atoms with Gasteiger partial charge in [0.05, 0.1) is 26.1 Å². The van der Waals surface area contributed by atoms with Crippen LogP contribution in [-0.4, -0.2) is 30.0 Å². The molecule has 6 heteroatoms. The lowest BCUT2D eigenvalue weighted by atomic mass is 10.2. The number of nitrogens with zero attached hydrogens (tertiary/aromatic N) is 2. The molecule has 0 amide bonds. The second-order valence-electron chi connectivity index (χ2n) is 4.91. The van der Waals surface area contributed by atoms with Crippen LogP contribution < -0.4 is 4.74 Å². The zero-order chi connectivity index (χ0) is 16.8. The number of methoxy groups -OCH3 is 2. The van der Waals surface area contributed by atoms with E-state index in [2.05, 4.69) is 16.8 Å². The molecule has 0 N–H and O–H groups in total. The molecule has 122 valence electrons. The quantitative estimate of drug-likeness (QED) is 0.466. The monoisotopic (exact) mass is 316 g/mol. The minimum absolute atomic E-state index is 0.0232. The predicted molar refractivity (Wildman–Crippen MR) is 85.4 cm³/mol. The summed E-state index contributed by atoms with van der Waals surface area (Å²) < 4.78 is 17.0. The van der Waals surface area contributed by atoms with E-state index in [-0.39, 0.29) is 5.76 Å². The standard InChI is InChI=1S/C17H20N2O4/c1-5-13-9-18-19(10-13)14-7-6-12(2)15(8-14)23-16(11-21-3)17(20)22-4/h6-11H,5H2,1-4H3/b16-11-. The van der Waals surface area contributed by atoms with Crippen LogP contribution in [0.5, 0.6) is 5.75 Å². The molecule has 0 saturated heterocycles. The highest BCUT2D eigenvalue weighted by atomic mass is 16.6. The van der Waals surface area contributed by atoms with Gasteiger partial charge in [-0.25, -0.2) is 9.48 Å². The van der Waals surface area contributed by atoms with E-state index >= 15 is 0 Å². The van der Waals surface area contributed by atoms with Crippen molar-refractivity contribution >= 4 is 5.97 Å². The van der Waals surface area contributed by atoms with Crippen molar-refractivity contribution < 1.29 is 19.0 Å². The van der Waals surface area contributed by atoms with Gasteiger partial charge in [0.1, 0.15) is 12.0 Å². The fourth-order valence-electron chi connectivity index (χ4n) is 1.97. The number of benzene rings is 1. The first-order valence-electron chi connectivity index (χ1n) is 7.22. The number of carbonyl (C=O) groups is 1. The van der Waals surface area contributed by atoms with Crippen LogP contribution in [0.2, 0.25) is 0 Å². The molecule has 1 aromatic carbocycles. The number of ether oxygens (including phenoxy) is 3. The summed E-state index contributed by atoms with van der Waals surface area (Å²) in [6, 6.07) is 5.65. The van der Waals surface area contributed by atoms with Crippen LogP contribution in [0.3, 0.4) is 0 Å². The SMILES string of the molecule is CCc1cnn(-c2ccc(C)c(O/C(=C\OC)C(=O)OC)c2)c1. The first-order chi connectivity index (χ1) is 11.1. The van der Waals surface area contributed by atoms with Gasteiger partial charge in [0, 0.05) is 12.3 Å². The molecule has 0 bridgehead atoms. The highest BCUT2D eigenvalue weighted by molar-refractivity contribution is 5.86. The normalized spacial score (nSPS) is 11.2. The van der Waals surface area contributed by atoms with Crippen molar-refractivity contribution in [2.24, 2.45) is 0 Å². The fraction of sp³-hybridized carbons (Fsp3) is 0.294. The number of aryl methyl sites for hydroxylation is 2. The smallest absolute Gasteiger partial charge is 0.377 e. The summed E-state index contributed by atoms with van der Waals surface area (Å²) in [4.78, 5) is 11.7. The highest BCUT2D eigenvalue weighted by Crippen LogP contribution is 2.24. The van der Waals surface area contributed by atoms with Gasteiger partial charge in [-0.3, -0.25) is 0 Å². The van der Waals surface area contributed by atoms with Crippen LogP contribution in [0.4, 0.5) is 0 Å². The molecule has 0 radical (unpaired) electrons. The van der Waals surface area contributed by atoms with E-state index in [1.165, 1.54) is 20.5 Å². The van der Waals surface area contributed by atoms with E-state index in [0.717, 1.165) is 23.2 Å². The maximum atomic E-state index is 11.7. The van der Waals surface area contributed by atoms with Gasteiger partial charge >= 0.3 is 5.97 Å². The van der Waals surface area contributed by atoms with Crippen molar-refractivity contribution in [2.75, 3.05) is 14.2 Å². The maximum Gasteiger partial charge on any atom is 0.377 e. The molecular weight excluding hydrogens is 296 g/mol. The Balaban J connectivity index is 2.33. The minimum Gasteiger partial charge on any atom is -0.500 e. The summed E-state index contributed by atoms with van der Waals surface area (Å²) in [5.41, 5.74) is 2.86. The lowest BCUT2D eigenvalue weighted by Gasteiger charge is -2.12. The summed E-state index contributed by atoms with van der Waals surface area (Å²) in [7, 11) is 2.72. The molecule has 0 aliphatic heterocycles. The number of aromatic nitrogens is 2. The lowest BCUT2D eigenvalue weighted by molar-refractivity contribution is -0.138. The molecule has 1 heterocycles. The zero-order valence-corrected chi connectivity index (χ0v) is 13.7. The zero-order valence-electron chi connectivity index (χ0n) is 13.7. The second-order valence-corrected chi connectivity index (χ2v) is 4.91. The van der Waals surface area contributed by atoms with E-state index in [0.29, 0.717) is 5.75 Å². The summed E-state index contributed by atoms with van der Waals surface area (Å²) >= 11 is 0. The second kappa shape index (κ2) is 7.49. The van der Waals surface area contributed by atoms with Crippen LogP contribution in [-0.2, 0) is 20.7 Å². The van der Waals surface area contributed by atoms with E-state index in [1.54, 1.807) is 4.68 Å². The van der Waals surface area contributed by atoms with Gasteiger partial charge in [-0.05, 0) is 30.5 Å². The molecule has 0 unspecified atom stereocenters. The number of carbonyl (C=O) groups excluding carboxylic acids is 1. The Labute approximate surface area is 135 Å². The molecule has 1 aromatic heterocycles. The van der Waals surface area contributed by atoms with Crippen LogP contribution in [0.25, 0.3) is 5.69 Å². The van der Waals surface area contributed by atoms with Gasteiger partial charge in [-0.2, -0.15) is 5.10 Å². The van der Waals surface area contributed by atoms with E-state index in [1.807, 2.05) is 37.5 Å². The number of hydrogen-bond acceptors (Lipinski definition) is 5. The topological polar surface area (TPSA) is 62.6 Å².